The summed E-state index contributed by atoms with van der Waals surface area (Å²) in [6.07, 6.45) is 2.83. The molecular weight excluding hydrogens is 372 g/mol. The number of aromatic nitrogens is 1. The number of primary amides is 1. The summed E-state index contributed by atoms with van der Waals surface area (Å²) < 4.78 is 5.59. The molecule has 1 aromatic carbocycles. The highest BCUT2D eigenvalue weighted by Crippen LogP contribution is 2.58. The molecule has 2 heterocycles. The highest BCUT2D eigenvalue weighted by atomic mass is 16.5. The third-order valence-electron chi connectivity index (χ3n) is 5.62. The second-order valence-corrected chi connectivity index (χ2v) is 7.78. The molecule has 1 saturated heterocycles. The van der Waals surface area contributed by atoms with E-state index in [0.29, 0.717) is 23.6 Å². The van der Waals surface area contributed by atoms with Crippen molar-refractivity contribution in [3.8, 4) is 11.6 Å². The number of pyridine rings is 1. The first-order valence-electron chi connectivity index (χ1n) is 9.45. The molecule has 0 radical (unpaired) electrons. The van der Waals surface area contributed by atoms with Crippen molar-refractivity contribution in [2.45, 2.75) is 31.8 Å². The summed E-state index contributed by atoms with van der Waals surface area (Å²) >= 11 is 0. The van der Waals surface area contributed by atoms with Gasteiger partial charge in [-0.3, -0.25) is 14.4 Å². The molecule has 0 spiro atoms. The number of carbonyl (C=O) groups is 3. The van der Waals surface area contributed by atoms with Gasteiger partial charge in [0.25, 0.3) is 5.91 Å². The van der Waals surface area contributed by atoms with E-state index in [9.17, 15) is 14.4 Å². The smallest absolute Gasteiger partial charge is 0.253 e. The van der Waals surface area contributed by atoms with Crippen LogP contribution in [-0.4, -0.2) is 46.2 Å². The van der Waals surface area contributed by atoms with E-state index in [-0.39, 0.29) is 23.9 Å². The number of nitrogens with one attached hydrogen (secondary N) is 1. The Labute approximate surface area is 168 Å². The Morgan fingerprint density at radius 1 is 1.21 bits per heavy atom. The molecule has 2 fully saturated rings. The monoisotopic (exact) mass is 394 g/mol. The molecule has 0 bridgehead atoms. The quantitative estimate of drug-likeness (QED) is 0.770. The number of nitrogens with zero attached hydrogens (tertiary/aromatic N) is 2. The number of carbonyl (C=O) groups excluding carboxylic acids is 3. The minimum atomic E-state index is -0.598. The minimum absolute atomic E-state index is 0.0282. The maximum atomic E-state index is 12.6. The summed E-state index contributed by atoms with van der Waals surface area (Å²) in [6, 6.07) is 11.8. The predicted octanol–water partition coefficient (Wildman–Crippen LogP) is 1.47. The van der Waals surface area contributed by atoms with E-state index >= 15 is 0 Å². The van der Waals surface area contributed by atoms with Gasteiger partial charge in [0.1, 0.15) is 11.8 Å². The van der Waals surface area contributed by atoms with E-state index in [4.69, 9.17) is 10.5 Å². The van der Waals surface area contributed by atoms with Gasteiger partial charge in [0.05, 0.1) is 12.1 Å². The molecule has 2 aromatic rings. The number of benzene rings is 1. The van der Waals surface area contributed by atoms with Gasteiger partial charge in [-0.2, -0.15) is 0 Å². The van der Waals surface area contributed by atoms with Crippen LogP contribution >= 0.6 is 0 Å². The average Bonchev–Trinajstić information content (AvgIpc) is 3.27. The van der Waals surface area contributed by atoms with Gasteiger partial charge in [0.2, 0.25) is 17.7 Å². The Kier molecular flexibility index (Phi) is 4.70. The highest BCUT2D eigenvalue weighted by molar-refractivity contribution is 5.97. The van der Waals surface area contributed by atoms with Crippen LogP contribution in [0.4, 0.5) is 0 Å². The lowest BCUT2D eigenvalue weighted by molar-refractivity contribution is -0.137. The molecule has 3 amide bonds. The number of likely N-dealkylation sites (tertiary alicyclic amines) is 1. The first-order chi connectivity index (χ1) is 13.9. The van der Waals surface area contributed by atoms with Gasteiger partial charge in [-0.05, 0) is 36.5 Å². The van der Waals surface area contributed by atoms with Crippen LogP contribution in [0.25, 0.3) is 0 Å². The van der Waals surface area contributed by atoms with E-state index in [0.717, 1.165) is 6.42 Å². The molecule has 8 heteroatoms. The molecule has 1 aromatic heterocycles. The third-order valence-corrected chi connectivity index (χ3v) is 5.62. The maximum absolute atomic E-state index is 12.6. The lowest BCUT2D eigenvalue weighted by atomic mass is 10.0. The van der Waals surface area contributed by atoms with Crippen LogP contribution in [0.2, 0.25) is 0 Å². The van der Waals surface area contributed by atoms with E-state index < -0.39 is 17.9 Å². The summed E-state index contributed by atoms with van der Waals surface area (Å²) in [5, 5.41) is 2.59. The number of piperidine rings is 1. The van der Waals surface area contributed by atoms with Crippen LogP contribution in [0.5, 0.6) is 11.6 Å². The van der Waals surface area contributed by atoms with Gasteiger partial charge in [0, 0.05) is 18.3 Å². The molecular formula is C21H22N4O4. The maximum Gasteiger partial charge on any atom is 0.253 e. The molecule has 4 rings (SSSR count). The van der Waals surface area contributed by atoms with Gasteiger partial charge in [0.15, 0.2) is 0 Å². The molecule has 3 atom stereocenters. The second kappa shape index (κ2) is 7.20. The summed E-state index contributed by atoms with van der Waals surface area (Å²) in [6.45, 7) is 1.85. The molecule has 1 saturated carbocycles. The van der Waals surface area contributed by atoms with Crippen molar-refractivity contribution in [2.24, 2.45) is 11.1 Å². The molecule has 1 aliphatic heterocycles. The molecule has 3 unspecified atom stereocenters. The SMILES string of the molecule is CC12CC(C(N)=O)N(C(=O)CNC(=O)c3ccc(Oc4ccccc4)nc3)C1C2. The minimum Gasteiger partial charge on any atom is -0.439 e. The Morgan fingerprint density at radius 3 is 2.62 bits per heavy atom. The highest BCUT2D eigenvalue weighted by Gasteiger charge is 2.63. The van der Waals surface area contributed by atoms with Crippen molar-refractivity contribution in [1.29, 1.82) is 0 Å². The predicted molar refractivity (Wildman–Crippen MR) is 104 cm³/mol. The van der Waals surface area contributed by atoms with Crippen molar-refractivity contribution >= 4 is 17.7 Å². The van der Waals surface area contributed by atoms with Crippen molar-refractivity contribution in [1.82, 2.24) is 15.2 Å². The van der Waals surface area contributed by atoms with Crippen molar-refractivity contribution in [3.05, 3.63) is 54.2 Å². The Bertz CT molecular complexity index is 947. The fourth-order valence-electron chi connectivity index (χ4n) is 3.91. The van der Waals surface area contributed by atoms with Gasteiger partial charge in [-0.1, -0.05) is 25.1 Å². The van der Waals surface area contributed by atoms with Crippen LogP contribution in [0, 0.1) is 5.41 Å². The standard InChI is InChI=1S/C21H22N4O4/c1-21-9-15(19(22)27)25(16(21)10-21)18(26)12-24-20(28)13-7-8-17(23-11-13)29-14-5-3-2-4-6-14/h2-8,11,15-16H,9-10,12H2,1H3,(H2,22,27)(H,24,28). The summed E-state index contributed by atoms with van der Waals surface area (Å²) in [7, 11) is 0. The Morgan fingerprint density at radius 2 is 1.97 bits per heavy atom. The van der Waals surface area contributed by atoms with Crippen LogP contribution in [-0.2, 0) is 9.59 Å². The third kappa shape index (κ3) is 3.78. The Balaban J connectivity index is 1.34. The van der Waals surface area contributed by atoms with E-state index in [2.05, 4.69) is 10.3 Å². The number of rotatable bonds is 6. The summed E-state index contributed by atoms with van der Waals surface area (Å²) in [5.41, 5.74) is 5.72. The number of para-hydroxylation sites is 1. The number of fused-ring (bicyclic) bond motifs is 1. The van der Waals surface area contributed by atoms with Crippen LogP contribution in [0.15, 0.2) is 48.7 Å². The topological polar surface area (TPSA) is 115 Å². The molecule has 2 aliphatic rings. The van der Waals surface area contributed by atoms with E-state index in [1.807, 2.05) is 25.1 Å². The number of ether oxygens (including phenoxy) is 1. The molecule has 150 valence electrons. The summed E-state index contributed by atoms with van der Waals surface area (Å²) in [4.78, 5) is 42.3. The van der Waals surface area contributed by atoms with Crippen LogP contribution in [0.1, 0.15) is 30.1 Å². The number of hydrogen-bond acceptors (Lipinski definition) is 5. The Hall–Kier alpha value is -3.42. The zero-order valence-electron chi connectivity index (χ0n) is 16.0. The molecule has 3 N–H and O–H groups in total. The van der Waals surface area contributed by atoms with Crippen molar-refractivity contribution in [2.75, 3.05) is 6.54 Å². The fraction of sp³-hybridized carbons (Fsp3) is 0.333. The molecule has 8 nitrogen and oxygen atoms in total. The zero-order valence-corrected chi connectivity index (χ0v) is 16.0. The van der Waals surface area contributed by atoms with Gasteiger partial charge in [-0.15, -0.1) is 0 Å². The van der Waals surface area contributed by atoms with Crippen LogP contribution in [0.3, 0.4) is 0 Å². The largest absolute Gasteiger partial charge is 0.439 e. The second-order valence-electron chi connectivity index (χ2n) is 7.78. The van der Waals surface area contributed by atoms with Crippen molar-refractivity contribution in [3.63, 3.8) is 0 Å². The molecule has 1 aliphatic carbocycles. The lowest BCUT2D eigenvalue weighted by Gasteiger charge is -2.25. The first kappa shape index (κ1) is 18.9. The van der Waals surface area contributed by atoms with Crippen LogP contribution < -0.4 is 15.8 Å². The number of nitrogens with two attached hydrogens (primary N) is 1. The zero-order chi connectivity index (χ0) is 20.6. The van der Waals surface area contributed by atoms with Gasteiger partial charge in [-0.25, -0.2) is 4.98 Å². The number of amides is 3. The first-order valence-corrected chi connectivity index (χ1v) is 9.45. The number of hydrogen-bond donors (Lipinski definition) is 2. The fourth-order valence-corrected chi connectivity index (χ4v) is 3.91. The van der Waals surface area contributed by atoms with Crippen molar-refractivity contribution < 1.29 is 19.1 Å². The average molecular weight is 394 g/mol. The summed E-state index contributed by atoms with van der Waals surface area (Å²) in [5.74, 6) is -0.227. The van der Waals surface area contributed by atoms with Gasteiger partial charge >= 0.3 is 0 Å². The van der Waals surface area contributed by atoms with E-state index in [1.54, 1.807) is 24.3 Å². The molecule has 29 heavy (non-hydrogen) atoms. The van der Waals surface area contributed by atoms with E-state index in [1.165, 1.54) is 11.1 Å². The lowest BCUT2D eigenvalue weighted by Crippen LogP contribution is -2.49. The normalized spacial score (nSPS) is 24.5. The van der Waals surface area contributed by atoms with Gasteiger partial charge < -0.3 is 20.7 Å².